The summed E-state index contributed by atoms with van der Waals surface area (Å²) in [5.41, 5.74) is 2.79. The van der Waals surface area contributed by atoms with E-state index in [2.05, 4.69) is 48.3 Å². The molecule has 0 bridgehead atoms. The van der Waals surface area contributed by atoms with Crippen LogP contribution in [0.5, 0.6) is 0 Å². The molecule has 1 unspecified atom stereocenters. The number of anilines is 1. The van der Waals surface area contributed by atoms with Gasteiger partial charge in [-0.25, -0.2) is 0 Å². The summed E-state index contributed by atoms with van der Waals surface area (Å²) in [5.74, 6) is 0. The van der Waals surface area contributed by atoms with Crippen molar-refractivity contribution in [2.45, 2.75) is 45.2 Å². The van der Waals surface area contributed by atoms with Gasteiger partial charge in [0.1, 0.15) is 0 Å². The van der Waals surface area contributed by atoms with Crippen molar-refractivity contribution in [3.8, 4) is 0 Å². The van der Waals surface area contributed by atoms with Gasteiger partial charge in [0, 0.05) is 38.0 Å². The summed E-state index contributed by atoms with van der Waals surface area (Å²) in [7, 11) is 1.77. The molecule has 1 aliphatic rings. The molecule has 0 aliphatic carbocycles. The van der Waals surface area contributed by atoms with Crippen molar-refractivity contribution in [1.82, 2.24) is 5.32 Å². The Morgan fingerprint density at radius 1 is 1.35 bits per heavy atom. The van der Waals surface area contributed by atoms with Gasteiger partial charge in [0.15, 0.2) is 0 Å². The van der Waals surface area contributed by atoms with E-state index in [0.717, 1.165) is 19.6 Å². The number of nitrogens with zero attached hydrogens (tertiary/aromatic N) is 1. The maximum atomic E-state index is 5.23. The molecular weight excluding hydrogens is 248 g/mol. The molecule has 1 N–H and O–H groups in total. The van der Waals surface area contributed by atoms with Gasteiger partial charge in [-0.3, -0.25) is 0 Å². The van der Waals surface area contributed by atoms with Gasteiger partial charge in [0.05, 0.1) is 6.61 Å². The van der Waals surface area contributed by atoms with Gasteiger partial charge in [0.25, 0.3) is 0 Å². The lowest BCUT2D eigenvalue weighted by atomic mass is 10.0. The van der Waals surface area contributed by atoms with Gasteiger partial charge < -0.3 is 15.0 Å². The predicted molar refractivity (Wildman–Crippen MR) is 85.5 cm³/mol. The number of rotatable bonds is 6. The molecule has 0 amide bonds. The number of methoxy groups -OCH3 is 1. The second-order valence-electron chi connectivity index (χ2n) is 5.98. The molecule has 0 aromatic heterocycles. The first-order valence-electron chi connectivity index (χ1n) is 7.78. The summed E-state index contributed by atoms with van der Waals surface area (Å²) < 4.78 is 5.23. The third-order valence-electron chi connectivity index (χ3n) is 3.90. The molecule has 3 nitrogen and oxygen atoms in total. The van der Waals surface area contributed by atoms with Crippen LogP contribution in [0.3, 0.4) is 0 Å². The Morgan fingerprint density at radius 2 is 2.15 bits per heavy atom. The lowest BCUT2D eigenvalue weighted by molar-refractivity contribution is 0.202. The van der Waals surface area contributed by atoms with Crippen LogP contribution in [-0.2, 0) is 11.2 Å². The van der Waals surface area contributed by atoms with Crippen molar-refractivity contribution in [1.29, 1.82) is 0 Å². The first-order valence-corrected chi connectivity index (χ1v) is 7.78. The Balaban J connectivity index is 2.06. The molecule has 2 rings (SSSR count). The van der Waals surface area contributed by atoms with E-state index in [1.165, 1.54) is 30.6 Å². The van der Waals surface area contributed by atoms with E-state index in [-0.39, 0.29) is 0 Å². The lowest BCUT2D eigenvalue weighted by Crippen LogP contribution is -2.48. The largest absolute Gasteiger partial charge is 0.384 e. The van der Waals surface area contributed by atoms with Crippen molar-refractivity contribution in [2.75, 3.05) is 31.7 Å². The molecule has 1 atom stereocenters. The molecule has 1 saturated heterocycles. The summed E-state index contributed by atoms with van der Waals surface area (Å²) in [6.45, 7) is 7.53. The number of benzene rings is 1. The molecule has 0 spiro atoms. The summed E-state index contributed by atoms with van der Waals surface area (Å²) in [6.07, 6.45) is 3.55. The topological polar surface area (TPSA) is 24.5 Å². The Bertz CT molecular complexity index is 406. The molecule has 1 aromatic carbocycles. The van der Waals surface area contributed by atoms with Crippen LogP contribution in [0.25, 0.3) is 0 Å². The molecule has 112 valence electrons. The molecule has 1 fully saturated rings. The Hall–Kier alpha value is -1.06. The summed E-state index contributed by atoms with van der Waals surface area (Å²) >= 11 is 0. The molecule has 20 heavy (non-hydrogen) atoms. The van der Waals surface area contributed by atoms with Gasteiger partial charge in [-0.15, -0.1) is 0 Å². The van der Waals surface area contributed by atoms with Gasteiger partial charge in [-0.1, -0.05) is 32.0 Å². The van der Waals surface area contributed by atoms with Crippen molar-refractivity contribution < 1.29 is 4.74 Å². The standard InChI is InChI=1S/C17H28N2O/c1-14(2)18-16-8-6-11-19(13-16)17-9-5-4-7-15(17)10-12-20-3/h4-5,7,9,14,16,18H,6,8,10-13H2,1-3H3. The quantitative estimate of drug-likeness (QED) is 0.864. The highest BCUT2D eigenvalue weighted by Gasteiger charge is 2.21. The average Bonchev–Trinajstić information content (AvgIpc) is 2.45. The Kier molecular flexibility index (Phi) is 5.86. The second kappa shape index (κ2) is 7.65. The number of hydrogen-bond acceptors (Lipinski definition) is 3. The fourth-order valence-electron chi connectivity index (χ4n) is 3.05. The number of nitrogens with one attached hydrogen (secondary N) is 1. The fourth-order valence-corrected chi connectivity index (χ4v) is 3.05. The zero-order chi connectivity index (χ0) is 14.4. The highest BCUT2D eigenvalue weighted by Crippen LogP contribution is 2.24. The minimum absolute atomic E-state index is 0.559. The molecule has 0 radical (unpaired) electrons. The van der Waals surface area contributed by atoms with E-state index < -0.39 is 0 Å². The smallest absolute Gasteiger partial charge is 0.0503 e. The average molecular weight is 276 g/mol. The number of ether oxygens (including phenoxy) is 1. The Morgan fingerprint density at radius 3 is 2.90 bits per heavy atom. The van der Waals surface area contributed by atoms with E-state index in [9.17, 15) is 0 Å². The molecule has 1 heterocycles. The molecule has 3 heteroatoms. The van der Waals surface area contributed by atoms with Crippen LogP contribution < -0.4 is 10.2 Å². The van der Waals surface area contributed by atoms with Gasteiger partial charge in [0.2, 0.25) is 0 Å². The van der Waals surface area contributed by atoms with Crippen LogP contribution in [0.2, 0.25) is 0 Å². The van der Waals surface area contributed by atoms with E-state index in [1.54, 1.807) is 7.11 Å². The monoisotopic (exact) mass is 276 g/mol. The fraction of sp³-hybridized carbons (Fsp3) is 0.647. The number of hydrogen-bond donors (Lipinski definition) is 1. The number of para-hydroxylation sites is 1. The van der Waals surface area contributed by atoms with Crippen LogP contribution in [0.1, 0.15) is 32.3 Å². The van der Waals surface area contributed by atoms with E-state index in [0.29, 0.717) is 12.1 Å². The normalized spacial score (nSPS) is 19.6. The van der Waals surface area contributed by atoms with Crippen molar-refractivity contribution >= 4 is 5.69 Å². The van der Waals surface area contributed by atoms with Crippen molar-refractivity contribution in [2.24, 2.45) is 0 Å². The molecule has 1 aromatic rings. The van der Waals surface area contributed by atoms with Crippen LogP contribution in [0.4, 0.5) is 5.69 Å². The maximum Gasteiger partial charge on any atom is 0.0503 e. The highest BCUT2D eigenvalue weighted by molar-refractivity contribution is 5.54. The zero-order valence-electron chi connectivity index (χ0n) is 13.1. The summed E-state index contributed by atoms with van der Waals surface area (Å²) in [6, 6.07) is 9.92. The minimum atomic E-state index is 0.559. The van der Waals surface area contributed by atoms with Gasteiger partial charge in [-0.2, -0.15) is 0 Å². The summed E-state index contributed by atoms with van der Waals surface area (Å²) in [5, 5.41) is 3.68. The molecule has 1 aliphatic heterocycles. The Labute approximate surface area is 123 Å². The van der Waals surface area contributed by atoms with Crippen LogP contribution in [-0.4, -0.2) is 38.9 Å². The van der Waals surface area contributed by atoms with E-state index in [4.69, 9.17) is 4.74 Å². The van der Waals surface area contributed by atoms with Crippen LogP contribution in [0.15, 0.2) is 24.3 Å². The third kappa shape index (κ3) is 4.22. The van der Waals surface area contributed by atoms with E-state index in [1.807, 2.05) is 0 Å². The maximum absolute atomic E-state index is 5.23. The SMILES string of the molecule is COCCc1ccccc1N1CCCC(NC(C)C)C1. The predicted octanol–water partition coefficient (Wildman–Crippen LogP) is 2.84. The second-order valence-corrected chi connectivity index (χ2v) is 5.98. The molecule has 0 saturated carbocycles. The summed E-state index contributed by atoms with van der Waals surface area (Å²) in [4.78, 5) is 2.54. The van der Waals surface area contributed by atoms with Crippen LogP contribution >= 0.6 is 0 Å². The van der Waals surface area contributed by atoms with Crippen molar-refractivity contribution in [3.63, 3.8) is 0 Å². The lowest BCUT2D eigenvalue weighted by Gasteiger charge is -2.36. The number of piperidine rings is 1. The third-order valence-corrected chi connectivity index (χ3v) is 3.90. The minimum Gasteiger partial charge on any atom is -0.384 e. The van der Waals surface area contributed by atoms with Gasteiger partial charge in [-0.05, 0) is 30.9 Å². The van der Waals surface area contributed by atoms with Gasteiger partial charge >= 0.3 is 0 Å². The van der Waals surface area contributed by atoms with Crippen molar-refractivity contribution in [3.05, 3.63) is 29.8 Å². The highest BCUT2D eigenvalue weighted by atomic mass is 16.5. The zero-order valence-corrected chi connectivity index (χ0v) is 13.1. The van der Waals surface area contributed by atoms with E-state index >= 15 is 0 Å². The first kappa shape index (κ1) is 15.3. The van der Waals surface area contributed by atoms with Crippen LogP contribution in [0, 0.1) is 0 Å². The first-order chi connectivity index (χ1) is 9.70. The molecular formula is C17H28N2O.